The van der Waals surface area contributed by atoms with Crippen molar-refractivity contribution in [2.75, 3.05) is 12.3 Å². The van der Waals surface area contributed by atoms with Gasteiger partial charge in [0.15, 0.2) is 0 Å². The normalized spacial score (nSPS) is 11.4. The summed E-state index contributed by atoms with van der Waals surface area (Å²) in [7, 11) is -3.66. The monoisotopic (exact) mass is 322 g/mol. The number of nitrogens with two attached hydrogens (primary N) is 1. The molecular weight excluding hydrogens is 308 g/mol. The Morgan fingerprint density at radius 3 is 2.86 bits per heavy atom. The zero-order valence-electron chi connectivity index (χ0n) is 11.1. The Bertz CT molecular complexity index is 735. The second-order valence-electron chi connectivity index (χ2n) is 4.31. The molecule has 0 fully saturated rings. The van der Waals surface area contributed by atoms with Crippen LogP contribution in [0.2, 0.25) is 0 Å². The first-order valence-corrected chi connectivity index (χ1v) is 8.46. The molecule has 8 heteroatoms. The molecule has 0 radical (unpaired) electrons. The van der Waals surface area contributed by atoms with E-state index in [0.29, 0.717) is 5.69 Å². The highest BCUT2D eigenvalue weighted by Gasteiger charge is 2.26. The molecule has 0 aliphatic heterocycles. The van der Waals surface area contributed by atoms with Crippen LogP contribution in [-0.2, 0) is 16.6 Å². The third-order valence-corrected chi connectivity index (χ3v) is 6.02. The van der Waals surface area contributed by atoms with Gasteiger partial charge in [-0.05, 0) is 17.7 Å². The number of hydrogen-bond donors (Lipinski definition) is 1. The Kier molecular flexibility index (Phi) is 4.90. The van der Waals surface area contributed by atoms with Crippen molar-refractivity contribution in [3.63, 3.8) is 0 Å². The van der Waals surface area contributed by atoms with Crippen molar-refractivity contribution in [2.24, 2.45) is 0 Å². The lowest BCUT2D eigenvalue weighted by Crippen LogP contribution is -2.31. The Morgan fingerprint density at radius 1 is 1.48 bits per heavy atom. The summed E-state index contributed by atoms with van der Waals surface area (Å²) in [6.07, 6.45) is 3.36. The van der Waals surface area contributed by atoms with Crippen LogP contribution >= 0.6 is 11.3 Å². The van der Waals surface area contributed by atoms with Crippen molar-refractivity contribution in [1.29, 1.82) is 5.26 Å². The van der Waals surface area contributed by atoms with Crippen molar-refractivity contribution >= 4 is 27.0 Å². The van der Waals surface area contributed by atoms with Gasteiger partial charge in [-0.3, -0.25) is 4.98 Å². The SMILES string of the molecule is N#CCCN(Cc1cccnc1)S(=O)(=O)c1cc(N)cs1. The predicted molar refractivity (Wildman–Crippen MR) is 80.8 cm³/mol. The van der Waals surface area contributed by atoms with Gasteiger partial charge in [0, 0.05) is 43.0 Å². The van der Waals surface area contributed by atoms with Gasteiger partial charge < -0.3 is 5.73 Å². The summed E-state index contributed by atoms with van der Waals surface area (Å²) in [6, 6.07) is 6.94. The minimum absolute atomic E-state index is 0.125. The zero-order chi connectivity index (χ0) is 15.3. The number of thiophene rings is 1. The number of pyridine rings is 1. The van der Waals surface area contributed by atoms with Crippen molar-refractivity contribution in [1.82, 2.24) is 9.29 Å². The molecule has 0 bridgehead atoms. The Balaban J connectivity index is 2.29. The average molecular weight is 322 g/mol. The fourth-order valence-corrected chi connectivity index (χ4v) is 4.41. The molecule has 21 heavy (non-hydrogen) atoms. The van der Waals surface area contributed by atoms with E-state index in [4.69, 9.17) is 11.0 Å². The van der Waals surface area contributed by atoms with Crippen molar-refractivity contribution in [3.8, 4) is 6.07 Å². The van der Waals surface area contributed by atoms with Crippen LogP contribution in [0.15, 0.2) is 40.2 Å². The maximum atomic E-state index is 12.6. The molecule has 2 rings (SSSR count). The number of hydrogen-bond acceptors (Lipinski definition) is 6. The van der Waals surface area contributed by atoms with Crippen LogP contribution in [-0.4, -0.2) is 24.3 Å². The van der Waals surface area contributed by atoms with Crippen LogP contribution in [0.1, 0.15) is 12.0 Å². The minimum Gasteiger partial charge on any atom is -0.398 e. The number of rotatable bonds is 6. The summed E-state index contributed by atoms with van der Waals surface area (Å²) in [5.74, 6) is 0. The van der Waals surface area contributed by atoms with E-state index in [0.717, 1.165) is 16.9 Å². The number of aromatic nitrogens is 1. The molecule has 0 spiro atoms. The van der Waals surface area contributed by atoms with Gasteiger partial charge >= 0.3 is 0 Å². The van der Waals surface area contributed by atoms with Crippen LogP contribution in [0.25, 0.3) is 0 Å². The molecule has 0 unspecified atom stereocenters. The standard InChI is InChI=1S/C13H14N4O2S2/c14-4-2-6-17(9-11-3-1-5-16-8-11)21(18,19)13-7-12(15)10-20-13/h1,3,5,7-8,10H,2,6,9,15H2. The molecule has 0 aromatic carbocycles. The highest BCUT2D eigenvalue weighted by Crippen LogP contribution is 2.26. The molecule has 2 N–H and O–H groups in total. The summed E-state index contributed by atoms with van der Waals surface area (Å²) in [6.45, 7) is 0.307. The molecule has 0 aliphatic carbocycles. The van der Waals surface area contributed by atoms with Crippen LogP contribution < -0.4 is 5.73 Å². The van der Waals surface area contributed by atoms with Crippen LogP contribution in [0, 0.1) is 11.3 Å². The lowest BCUT2D eigenvalue weighted by molar-refractivity contribution is 0.414. The lowest BCUT2D eigenvalue weighted by Gasteiger charge is -2.20. The van der Waals surface area contributed by atoms with E-state index in [2.05, 4.69) is 4.98 Å². The number of nitriles is 1. The van der Waals surface area contributed by atoms with Crippen LogP contribution in [0.3, 0.4) is 0 Å². The smallest absolute Gasteiger partial charge is 0.252 e. The van der Waals surface area contributed by atoms with Gasteiger partial charge in [-0.25, -0.2) is 8.42 Å². The maximum Gasteiger partial charge on any atom is 0.252 e. The fourth-order valence-electron chi connectivity index (χ4n) is 1.75. The van der Waals surface area contributed by atoms with Gasteiger partial charge in [-0.1, -0.05) is 6.07 Å². The quantitative estimate of drug-likeness (QED) is 0.874. The molecule has 6 nitrogen and oxygen atoms in total. The van der Waals surface area contributed by atoms with E-state index in [9.17, 15) is 8.42 Å². The highest BCUT2D eigenvalue weighted by molar-refractivity contribution is 7.91. The van der Waals surface area contributed by atoms with Crippen LogP contribution in [0.4, 0.5) is 5.69 Å². The molecule has 110 valence electrons. The zero-order valence-corrected chi connectivity index (χ0v) is 12.8. The molecule has 0 saturated carbocycles. The topological polar surface area (TPSA) is 100 Å². The Hall–Kier alpha value is -1.95. The van der Waals surface area contributed by atoms with E-state index in [1.807, 2.05) is 6.07 Å². The highest BCUT2D eigenvalue weighted by atomic mass is 32.2. The third kappa shape index (κ3) is 3.78. The molecule has 2 aromatic heterocycles. The van der Waals surface area contributed by atoms with Gasteiger partial charge in [0.05, 0.1) is 6.07 Å². The number of nitrogen functional groups attached to an aromatic ring is 1. The van der Waals surface area contributed by atoms with Gasteiger partial charge in [0.25, 0.3) is 10.0 Å². The van der Waals surface area contributed by atoms with Crippen LogP contribution in [0.5, 0.6) is 0 Å². The minimum atomic E-state index is -3.66. The Morgan fingerprint density at radius 2 is 2.29 bits per heavy atom. The van der Waals surface area contributed by atoms with Gasteiger partial charge in [-0.2, -0.15) is 9.57 Å². The number of nitrogens with zero attached hydrogens (tertiary/aromatic N) is 3. The molecular formula is C13H14N4O2S2. The summed E-state index contributed by atoms with van der Waals surface area (Å²) in [5, 5.41) is 10.3. The molecule has 2 heterocycles. The first kappa shape index (κ1) is 15.4. The van der Waals surface area contributed by atoms with Crippen molar-refractivity contribution in [2.45, 2.75) is 17.2 Å². The van der Waals surface area contributed by atoms with E-state index in [-0.39, 0.29) is 23.7 Å². The molecule has 0 saturated heterocycles. The van der Waals surface area contributed by atoms with Crippen molar-refractivity contribution < 1.29 is 8.42 Å². The first-order chi connectivity index (χ1) is 10.0. The predicted octanol–water partition coefficient (Wildman–Crippen LogP) is 1.83. The lowest BCUT2D eigenvalue weighted by atomic mass is 10.3. The molecule has 0 amide bonds. The third-order valence-electron chi connectivity index (χ3n) is 2.74. The largest absolute Gasteiger partial charge is 0.398 e. The molecule has 0 atom stereocenters. The van der Waals surface area contributed by atoms with E-state index in [1.165, 1.54) is 10.4 Å². The maximum absolute atomic E-state index is 12.6. The number of sulfonamides is 1. The number of anilines is 1. The van der Waals surface area contributed by atoms with E-state index in [1.54, 1.807) is 29.9 Å². The van der Waals surface area contributed by atoms with Gasteiger partial charge in [-0.15, -0.1) is 11.3 Å². The van der Waals surface area contributed by atoms with Gasteiger partial charge in [0.1, 0.15) is 4.21 Å². The summed E-state index contributed by atoms with van der Waals surface area (Å²) in [4.78, 5) is 3.97. The summed E-state index contributed by atoms with van der Waals surface area (Å²) in [5.41, 5.74) is 6.78. The Labute approximate surface area is 127 Å². The first-order valence-electron chi connectivity index (χ1n) is 6.14. The second-order valence-corrected chi connectivity index (χ2v) is 7.38. The van der Waals surface area contributed by atoms with E-state index < -0.39 is 10.0 Å². The van der Waals surface area contributed by atoms with Crippen molar-refractivity contribution in [3.05, 3.63) is 41.5 Å². The van der Waals surface area contributed by atoms with E-state index >= 15 is 0 Å². The molecule has 2 aromatic rings. The van der Waals surface area contributed by atoms with Gasteiger partial charge in [0.2, 0.25) is 0 Å². The summed E-state index contributed by atoms with van der Waals surface area (Å²) >= 11 is 1.08. The summed E-state index contributed by atoms with van der Waals surface area (Å²) < 4.78 is 26.7. The fraction of sp³-hybridized carbons (Fsp3) is 0.231. The second kappa shape index (κ2) is 6.67. The average Bonchev–Trinajstić information content (AvgIpc) is 2.92. The molecule has 0 aliphatic rings.